The van der Waals surface area contributed by atoms with Crippen LogP contribution in [0.3, 0.4) is 0 Å². The molecule has 0 spiro atoms. The lowest BCUT2D eigenvalue weighted by atomic mass is 10.2. The van der Waals surface area contributed by atoms with Crippen LogP contribution in [0.5, 0.6) is 5.75 Å². The minimum Gasteiger partial charge on any atom is -0.483 e. The van der Waals surface area contributed by atoms with Crippen LogP contribution in [0.2, 0.25) is 5.02 Å². The Morgan fingerprint density at radius 3 is 2.64 bits per heavy atom. The molecule has 0 fully saturated rings. The first-order chi connectivity index (χ1) is 17.2. The van der Waals surface area contributed by atoms with E-state index in [4.69, 9.17) is 16.3 Å². The standard InChI is InChI=1S/C26H23BrClN5O3/c1-16-30-23-11-5-18(27)12-22(23)26(35)33(16)29-14-17-4-10-21(32(2)3)13-24(17)36-15-25(34)31-20-8-6-19(28)7-9-20/h4-14H,15H2,1-3H3,(H,31,34). The third kappa shape index (κ3) is 5.92. The number of aryl methyl sites for hydroxylation is 1. The van der Waals surface area contributed by atoms with Gasteiger partial charge in [-0.25, -0.2) is 4.98 Å². The summed E-state index contributed by atoms with van der Waals surface area (Å²) in [5.74, 6) is 0.561. The summed E-state index contributed by atoms with van der Waals surface area (Å²) in [5, 5.41) is 8.18. The molecule has 0 unspecified atom stereocenters. The fourth-order valence-electron chi connectivity index (χ4n) is 3.42. The molecule has 0 saturated heterocycles. The van der Waals surface area contributed by atoms with Gasteiger partial charge in [0.2, 0.25) is 0 Å². The summed E-state index contributed by atoms with van der Waals surface area (Å²) in [6.45, 7) is 1.50. The molecule has 1 amide bonds. The molecule has 10 heteroatoms. The van der Waals surface area contributed by atoms with E-state index in [1.54, 1.807) is 43.3 Å². The van der Waals surface area contributed by atoms with Gasteiger partial charge in [-0.15, -0.1) is 0 Å². The predicted octanol–water partition coefficient (Wildman–Crippen LogP) is 5.09. The van der Waals surface area contributed by atoms with Gasteiger partial charge in [-0.05, 0) is 61.5 Å². The number of rotatable bonds is 7. The van der Waals surface area contributed by atoms with Crippen LogP contribution in [0, 0.1) is 6.92 Å². The number of aromatic nitrogens is 2. The van der Waals surface area contributed by atoms with Gasteiger partial charge in [0.25, 0.3) is 11.5 Å². The van der Waals surface area contributed by atoms with E-state index in [0.29, 0.717) is 38.8 Å². The summed E-state index contributed by atoms with van der Waals surface area (Å²) in [6, 6.07) is 17.7. The highest BCUT2D eigenvalue weighted by Crippen LogP contribution is 2.24. The fraction of sp³-hybridized carbons (Fsp3) is 0.154. The molecule has 0 saturated carbocycles. The summed E-state index contributed by atoms with van der Waals surface area (Å²) in [7, 11) is 3.81. The molecule has 0 radical (unpaired) electrons. The van der Waals surface area contributed by atoms with Crippen LogP contribution in [0.1, 0.15) is 11.4 Å². The van der Waals surface area contributed by atoms with Crippen molar-refractivity contribution in [2.24, 2.45) is 5.10 Å². The van der Waals surface area contributed by atoms with E-state index in [-0.39, 0.29) is 18.1 Å². The summed E-state index contributed by atoms with van der Waals surface area (Å²) >= 11 is 9.29. The first kappa shape index (κ1) is 25.4. The van der Waals surface area contributed by atoms with E-state index < -0.39 is 0 Å². The van der Waals surface area contributed by atoms with E-state index in [9.17, 15) is 9.59 Å². The van der Waals surface area contributed by atoms with Gasteiger partial charge in [-0.3, -0.25) is 9.59 Å². The van der Waals surface area contributed by atoms with Gasteiger partial charge in [-0.2, -0.15) is 9.78 Å². The van der Waals surface area contributed by atoms with Crippen LogP contribution in [-0.4, -0.2) is 42.5 Å². The summed E-state index contributed by atoms with van der Waals surface area (Å²) < 4.78 is 7.87. The summed E-state index contributed by atoms with van der Waals surface area (Å²) in [6.07, 6.45) is 1.52. The lowest BCUT2D eigenvalue weighted by molar-refractivity contribution is -0.118. The van der Waals surface area contributed by atoms with Crippen molar-refractivity contribution in [3.8, 4) is 5.75 Å². The molecule has 0 atom stereocenters. The molecule has 0 aliphatic rings. The maximum absolute atomic E-state index is 13.1. The van der Waals surface area contributed by atoms with Gasteiger partial charge in [-0.1, -0.05) is 27.5 Å². The van der Waals surface area contributed by atoms with Crippen molar-refractivity contribution in [2.75, 3.05) is 30.9 Å². The number of halogens is 2. The van der Waals surface area contributed by atoms with E-state index in [0.717, 1.165) is 10.2 Å². The van der Waals surface area contributed by atoms with Crippen molar-refractivity contribution in [1.29, 1.82) is 0 Å². The molecule has 0 aliphatic carbocycles. The molecule has 1 aromatic heterocycles. The number of ether oxygens (including phenoxy) is 1. The minimum atomic E-state index is -0.327. The van der Waals surface area contributed by atoms with Gasteiger partial charge < -0.3 is 15.0 Å². The van der Waals surface area contributed by atoms with Crippen LogP contribution in [0.15, 0.2) is 75.0 Å². The normalized spacial score (nSPS) is 11.1. The Morgan fingerprint density at radius 1 is 1.17 bits per heavy atom. The van der Waals surface area contributed by atoms with Crippen molar-refractivity contribution in [1.82, 2.24) is 9.66 Å². The highest BCUT2D eigenvalue weighted by atomic mass is 79.9. The molecule has 8 nitrogen and oxygen atoms in total. The van der Waals surface area contributed by atoms with Gasteiger partial charge in [0.15, 0.2) is 6.61 Å². The topological polar surface area (TPSA) is 88.8 Å². The van der Waals surface area contributed by atoms with Crippen LogP contribution in [0.4, 0.5) is 11.4 Å². The molecule has 1 heterocycles. The largest absolute Gasteiger partial charge is 0.483 e. The van der Waals surface area contributed by atoms with Gasteiger partial charge in [0.05, 0.1) is 17.1 Å². The van der Waals surface area contributed by atoms with Gasteiger partial charge >= 0.3 is 0 Å². The molecule has 0 aliphatic heterocycles. The second-order valence-corrected chi connectivity index (χ2v) is 9.49. The molecule has 36 heavy (non-hydrogen) atoms. The van der Waals surface area contributed by atoms with Crippen LogP contribution >= 0.6 is 27.5 Å². The molecule has 3 aromatic carbocycles. The third-order valence-corrected chi connectivity index (χ3v) is 6.03. The second-order valence-electron chi connectivity index (χ2n) is 8.14. The third-order valence-electron chi connectivity index (χ3n) is 5.28. The zero-order valence-corrected chi connectivity index (χ0v) is 22.2. The predicted molar refractivity (Wildman–Crippen MR) is 148 cm³/mol. The zero-order valence-electron chi connectivity index (χ0n) is 19.8. The average molecular weight is 569 g/mol. The minimum absolute atomic E-state index is 0.217. The maximum atomic E-state index is 13.1. The van der Waals surface area contributed by atoms with Gasteiger partial charge in [0.1, 0.15) is 11.6 Å². The van der Waals surface area contributed by atoms with Crippen molar-refractivity contribution < 1.29 is 9.53 Å². The van der Waals surface area contributed by atoms with Crippen molar-refractivity contribution >= 4 is 61.9 Å². The fourth-order valence-corrected chi connectivity index (χ4v) is 3.91. The molecule has 0 bridgehead atoms. The number of carbonyl (C=O) groups is 1. The molecular formula is C26H23BrClN5O3. The highest BCUT2D eigenvalue weighted by Gasteiger charge is 2.11. The summed E-state index contributed by atoms with van der Waals surface area (Å²) in [4.78, 5) is 31.9. The van der Waals surface area contributed by atoms with Crippen molar-refractivity contribution in [3.05, 3.63) is 91.9 Å². The highest BCUT2D eigenvalue weighted by molar-refractivity contribution is 9.10. The Balaban J connectivity index is 1.60. The second kappa shape index (κ2) is 10.9. The quantitative estimate of drug-likeness (QED) is 0.314. The number of hydrogen-bond acceptors (Lipinski definition) is 6. The Morgan fingerprint density at radius 2 is 1.92 bits per heavy atom. The first-order valence-electron chi connectivity index (χ1n) is 10.9. The number of nitrogens with one attached hydrogen (secondary N) is 1. The Hall–Kier alpha value is -3.69. The van der Waals surface area contributed by atoms with Gasteiger partial charge in [0, 0.05) is 46.6 Å². The number of carbonyl (C=O) groups excluding carboxylic acids is 1. The molecule has 4 aromatic rings. The number of hydrogen-bond donors (Lipinski definition) is 1. The Bertz CT molecular complexity index is 1520. The summed E-state index contributed by atoms with van der Waals surface area (Å²) in [5.41, 5.74) is 2.40. The number of amides is 1. The SMILES string of the molecule is Cc1nc2ccc(Br)cc2c(=O)n1N=Cc1ccc(N(C)C)cc1OCC(=O)Nc1ccc(Cl)cc1. The Kier molecular flexibility index (Phi) is 7.71. The number of nitrogens with zero attached hydrogens (tertiary/aromatic N) is 4. The average Bonchev–Trinajstić information content (AvgIpc) is 2.85. The molecule has 4 rings (SSSR count). The number of fused-ring (bicyclic) bond motifs is 1. The van der Waals surface area contributed by atoms with E-state index in [1.807, 2.05) is 43.3 Å². The van der Waals surface area contributed by atoms with Crippen molar-refractivity contribution in [2.45, 2.75) is 6.92 Å². The van der Waals surface area contributed by atoms with Crippen molar-refractivity contribution in [3.63, 3.8) is 0 Å². The zero-order chi connectivity index (χ0) is 25.8. The van der Waals surface area contributed by atoms with E-state index in [2.05, 4.69) is 31.3 Å². The molecule has 184 valence electrons. The van der Waals surface area contributed by atoms with E-state index in [1.165, 1.54) is 10.9 Å². The smallest absolute Gasteiger partial charge is 0.282 e. The molecular weight excluding hydrogens is 546 g/mol. The number of anilines is 2. The maximum Gasteiger partial charge on any atom is 0.282 e. The van der Waals surface area contributed by atoms with Crippen LogP contribution < -0.4 is 20.5 Å². The Labute approximate surface area is 221 Å². The van der Waals surface area contributed by atoms with Crippen LogP contribution in [0.25, 0.3) is 10.9 Å². The first-order valence-corrected chi connectivity index (χ1v) is 12.1. The number of benzene rings is 3. The monoisotopic (exact) mass is 567 g/mol. The molecule has 1 N–H and O–H groups in total. The lowest BCUT2D eigenvalue weighted by Gasteiger charge is -2.16. The van der Waals surface area contributed by atoms with E-state index >= 15 is 0 Å². The van der Waals surface area contributed by atoms with Crippen LogP contribution in [-0.2, 0) is 4.79 Å². The lowest BCUT2D eigenvalue weighted by Crippen LogP contribution is -2.21.